The molecular formula is C22H28N4O+2. The van der Waals surface area contributed by atoms with Gasteiger partial charge in [0.1, 0.15) is 32.7 Å². The molecule has 2 N–H and O–H groups in total. The molecule has 3 aromatic rings. The van der Waals surface area contributed by atoms with Crippen LogP contribution in [-0.2, 0) is 13.1 Å². The number of quaternary nitrogens is 2. The first-order chi connectivity index (χ1) is 13.2. The van der Waals surface area contributed by atoms with Gasteiger partial charge >= 0.3 is 0 Å². The lowest BCUT2D eigenvalue weighted by molar-refractivity contribution is -1.02. The lowest BCUT2D eigenvalue weighted by Gasteiger charge is -2.29. The van der Waals surface area contributed by atoms with Crippen molar-refractivity contribution in [2.24, 2.45) is 0 Å². The highest BCUT2D eigenvalue weighted by Gasteiger charge is 2.25. The van der Waals surface area contributed by atoms with E-state index in [-0.39, 0.29) is 0 Å². The molecule has 0 saturated carbocycles. The van der Waals surface area contributed by atoms with Crippen LogP contribution < -0.4 is 9.80 Å². The van der Waals surface area contributed by atoms with E-state index in [4.69, 9.17) is 4.42 Å². The van der Waals surface area contributed by atoms with Gasteiger partial charge in [0.25, 0.3) is 5.89 Å². The van der Waals surface area contributed by atoms with Crippen molar-refractivity contribution in [1.82, 2.24) is 10.2 Å². The molecule has 0 spiro atoms. The molecule has 2 aromatic carbocycles. The molecule has 1 aliphatic heterocycles. The van der Waals surface area contributed by atoms with Gasteiger partial charge in [-0.2, -0.15) is 0 Å². The largest absolute Gasteiger partial charge is 0.415 e. The van der Waals surface area contributed by atoms with Crippen molar-refractivity contribution >= 4 is 0 Å². The molecule has 5 heteroatoms. The van der Waals surface area contributed by atoms with E-state index in [1.54, 1.807) is 4.90 Å². The molecule has 1 fully saturated rings. The maximum Gasteiger partial charge on any atom is 0.271 e. The standard InChI is InChI=1S/C22H26N4O/c1-17-5-3-7-19(13-17)15-25-9-11-26(12-10-25)16-21-23-24-22(27-21)20-8-4-6-18(2)14-20/h3-8,13-14H,9-12,15-16H2,1-2H3/p+2. The molecule has 0 atom stereocenters. The molecule has 27 heavy (non-hydrogen) atoms. The van der Waals surface area contributed by atoms with Crippen LogP contribution in [0.3, 0.4) is 0 Å². The SMILES string of the molecule is Cc1cccc(C[NH+]2CC[NH+](Cc3nnc(-c4cccc(C)c4)o3)CC2)c1. The Kier molecular flexibility index (Phi) is 5.32. The highest BCUT2D eigenvalue weighted by atomic mass is 16.4. The van der Waals surface area contributed by atoms with Gasteiger partial charge in [0.15, 0.2) is 6.54 Å². The molecule has 0 bridgehead atoms. The number of hydrogen-bond acceptors (Lipinski definition) is 3. The Morgan fingerprint density at radius 2 is 1.48 bits per heavy atom. The van der Waals surface area contributed by atoms with Crippen molar-refractivity contribution in [2.45, 2.75) is 26.9 Å². The highest BCUT2D eigenvalue weighted by molar-refractivity contribution is 5.53. The molecular weight excluding hydrogens is 336 g/mol. The van der Waals surface area contributed by atoms with Crippen LogP contribution in [0.2, 0.25) is 0 Å². The maximum absolute atomic E-state index is 5.91. The van der Waals surface area contributed by atoms with Gasteiger partial charge < -0.3 is 14.2 Å². The number of piperazine rings is 1. The lowest BCUT2D eigenvalue weighted by Crippen LogP contribution is -3.27. The van der Waals surface area contributed by atoms with Crippen LogP contribution in [0.1, 0.15) is 22.6 Å². The number of hydrogen-bond donors (Lipinski definition) is 2. The van der Waals surface area contributed by atoms with Gasteiger partial charge in [-0.25, -0.2) is 0 Å². The van der Waals surface area contributed by atoms with Crippen molar-refractivity contribution in [1.29, 1.82) is 0 Å². The lowest BCUT2D eigenvalue weighted by atomic mass is 10.1. The number of nitrogens with one attached hydrogen (secondary N) is 2. The average Bonchev–Trinajstić information content (AvgIpc) is 3.12. The zero-order valence-corrected chi connectivity index (χ0v) is 16.2. The predicted molar refractivity (Wildman–Crippen MR) is 104 cm³/mol. The normalized spacial score (nSPS) is 19.9. The summed E-state index contributed by atoms with van der Waals surface area (Å²) in [4.78, 5) is 3.19. The minimum absolute atomic E-state index is 0.622. The first-order valence-corrected chi connectivity index (χ1v) is 9.78. The fraction of sp³-hybridized carbons (Fsp3) is 0.364. The van der Waals surface area contributed by atoms with E-state index in [2.05, 4.69) is 60.4 Å². The minimum atomic E-state index is 0.622. The van der Waals surface area contributed by atoms with E-state index < -0.39 is 0 Å². The van der Waals surface area contributed by atoms with Crippen LogP contribution in [0, 0.1) is 13.8 Å². The van der Waals surface area contributed by atoms with Crippen molar-refractivity contribution in [3.63, 3.8) is 0 Å². The summed E-state index contributed by atoms with van der Waals surface area (Å²) in [7, 11) is 0. The number of nitrogens with zero attached hydrogens (tertiary/aromatic N) is 2. The maximum atomic E-state index is 5.91. The van der Waals surface area contributed by atoms with Crippen molar-refractivity contribution in [3.8, 4) is 11.5 Å². The monoisotopic (exact) mass is 364 g/mol. The summed E-state index contributed by atoms with van der Waals surface area (Å²) in [5.74, 6) is 1.36. The third-order valence-corrected chi connectivity index (χ3v) is 5.33. The van der Waals surface area contributed by atoms with Crippen molar-refractivity contribution < 1.29 is 14.2 Å². The second-order valence-corrected chi connectivity index (χ2v) is 7.71. The third kappa shape index (κ3) is 4.62. The van der Waals surface area contributed by atoms with Gasteiger partial charge in [0.05, 0.1) is 0 Å². The van der Waals surface area contributed by atoms with Crippen LogP contribution in [-0.4, -0.2) is 36.4 Å². The number of rotatable bonds is 5. The smallest absolute Gasteiger partial charge is 0.271 e. The molecule has 1 aromatic heterocycles. The first-order valence-electron chi connectivity index (χ1n) is 9.78. The number of aromatic nitrogens is 2. The molecule has 140 valence electrons. The first kappa shape index (κ1) is 17.9. The quantitative estimate of drug-likeness (QED) is 0.705. The molecule has 0 amide bonds. The van der Waals surface area contributed by atoms with Crippen LogP contribution in [0.15, 0.2) is 52.9 Å². The number of benzene rings is 2. The molecule has 0 aliphatic carbocycles. The van der Waals surface area contributed by atoms with Gasteiger partial charge in [0.2, 0.25) is 5.89 Å². The summed E-state index contributed by atoms with van der Waals surface area (Å²) in [5.41, 5.74) is 4.98. The topological polar surface area (TPSA) is 47.8 Å². The molecule has 0 radical (unpaired) electrons. The fourth-order valence-corrected chi connectivity index (χ4v) is 3.86. The Hall–Kier alpha value is -2.50. The van der Waals surface area contributed by atoms with E-state index in [1.807, 2.05) is 12.1 Å². The molecule has 4 rings (SSSR count). The van der Waals surface area contributed by atoms with E-state index in [1.165, 1.54) is 34.7 Å². The van der Waals surface area contributed by atoms with Gasteiger partial charge in [0, 0.05) is 11.1 Å². The van der Waals surface area contributed by atoms with Gasteiger partial charge in [-0.3, -0.25) is 0 Å². The Labute approximate surface area is 160 Å². The average molecular weight is 364 g/mol. The van der Waals surface area contributed by atoms with E-state index in [9.17, 15) is 0 Å². The Bertz CT molecular complexity index is 897. The van der Waals surface area contributed by atoms with Gasteiger partial charge in [-0.05, 0) is 26.0 Å². The van der Waals surface area contributed by atoms with Crippen molar-refractivity contribution in [3.05, 3.63) is 71.1 Å². The molecule has 0 unspecified atom stereocenters. The highest BCUT2D eigenvalue weighted by Crippen LogP contribution is 2.18. The summed E-state index contributed by atoms with van der Waals surface area (Å²) >= 11 is 0. The predicted octanol–water partition coefficient (Wildman–Crippen LogP) is 0.837. The van der Waals surface area contributed by atoms with Crippen LogP contribution >= 0.6 is 0 Å². The van der Waals surface area contributed by atoms with Crippen LogP contribution in [0.25, 0.3) is 11.5 Å². The van der Waals surface area contributed by atoms with Gasteiger partial charge in [-0.1, -0.05) is 47.5 Å². The summed E-state index contributed by atoms with van der Waals surface area (Å²) < 4.78 is 5.91. The van der Waals surface area contributed by atoms with E-state index in [0.717, 1.165) is 37.6 Å². The fourth-order valence-electron chi connectivity index (χ4n) is 3.86. The zero-order valence-electron chi connectivity index (χ0n) is 16.2. The molecule has 2 heterocycles. The van der Waals surface area contributed by atoms with E-state index in [0.29, 0.717) is 5.89 Å². The van der Waals surface area contributed by atoms with Crippen LogP contribution in [0.5, 0.6) is 0 Å². The Morgan fingerprint density at radius 1 is 0.815 bits per heavy atom. The summed E-state index contributed by atoms with van der Waals surface area (Å²) in [5, 5.41) is 8.51. The molecule has 1 saturated heterocycles. The van der Waals surface area contributed by atoms with E-state index >= 15 is 0 Å². The van der Waals surface area contributed by atoms with Gasteiger partial charge in [-0.15, -0.1) is 10.2 Å². The summed E-state index contributed by atoms with van der Waals surface area (Å²) in [6, 6.07) is 17.1. The third-order valence-electron chi connectivity index (χ3n) is 5.33. The second-order valence-electron chi connectivity index (χ2n) is 7.71. The Balaban J connectivity index is 1.31. The van der Waals surface area contributed by atoms with Crippen LogP contribution in [0.4, 0.5) is 0 Å². The molecule has 5 nitrogen and oxygen atoms in total. The molecule has 1 aliphatic rings. The Morgan fingerprint density at radius 3 is 2.19 bits per heavy atom. The second kappa shape index (κ2) is 8.03. The number of aryl methyl sites for hydroxylation is 2. The van der Waals surface area contributed by atoms with Crippen molar-refractivity contribution in [2.75, 3.05) is 26.2 Å². The zero-order chi connectivity index (χ0) is 18.6. The minimum Gasteiger partial charge on any atom is -0.415 e. The summed E-state index contributed by atoms with van der Waals surface area (Å²) in [6.45, 7) is 10.8. The summed E-state index contributed by atoms with van der Waals surface area (Å²) in [6.07, 6.45) is 0.